The minimum absolute atomic E-state index is 0.00557. The van der Waals surface area contributed by atoms with E-state index in [4.69, 9.17) is 32.4 Å². The van der Waals surface area contributed by atoms with Crippen LogP contribution in [0.25, 0.3) is 0 Å². The van der Waals surface area contributed by atoms with Crippen molar-refractivity contribution in [2.24, 2.45) is 28.6 Å². The average Bonchev–Trinajstić information content (AvgIpc) is 3.42. The Kier molecular flexibility index (Phi) is 5.71. The Morgan fingerprint density at radius 3 is 2.69 bits per heavy atom. The monoisotopic (exact) mass is 520 g/mol. The first-order chi connectivity index (χ1) is 16.5. The van der Waals surface area contributed by atoms with Gasteiger partial charge >= 0.3 is 5.97 Å². The molecule has 35 heavy (non-hydrogen) atoms. The van der Waals surface area contributed by atoms with E-state index >= 15 is 0 Å². The summed E-state index contributed by atoms with van der Waals surface area (Å²) >= 11 is 13.6. The SMILES string of the molecule is C[C@H]1C[C@H]2C3CCC4=CC(=O)C=C[C@@]4(C)[C@@]3(Cl)[C@@H](O)CC2(C)[C@@]1(OC(=O)c1ccco1)C(=O)CCl. The van der Waals surface area contributed by atoms with Crippen LogP contribution in [0.1, 0.15) is 57.0 Å². The summed E-state index contributed by atoms with van der Waals surface area (Å²) in [7, 11) is 0. The molecule has 0 spiro atoms. The second kappa shape index (κ2) is 8.06. The quantitative estimate of drug-likeness (QED) is 0.449. The minimum atomic E-state index is -1.53. The summed E-state index contributed by atoms with van der Waals surface area (Å²) < 4.78 is 11.3. The molecular formula is C27H30Cl2O6. The summed E-state index contributed by atoms with van der Waals surface area (Å²) in [4.78, 5) is 37.7. The second-order valence-corrected chi connectivity index (χ2v) is 12.0. The minimum Gasteiger partial charge on any atom is -0.457 e. The fourth-order valence-electron chi connectivity index (χ4n) is 8.09. The Morgan fingerprint density at radius 1 is 1.29 bits per heavy atom. The van der Waals surface area contributed by atoms with E-state index in [1.807, 2.05) is 26.8 Å². The molecule has 1 aromatic rings. The van der Waals surface area contributed by atoms with Gasteiger partial charge in [0.25, 0.3) is 0 Å². The van der Waals surface area contributed by atoms with Gasteiger partial charge in [-0.15, -0.1) is 23.2 Å². The molecule has 5 rings (SSSR count). The number of aliphatic hydroxyl groups is 1. The van der Waals surface area contributed by atoms with Crippen molar-refractivity contribution in [3.8, 4) is 0 Å². The molecule has 8 atom stereocenters. The maximum absolute atomic E-state index is 13.6. The van der Waals surface area contributed by atoms with Crippen molar-refractivity contribution in [3.63, 3.8) is 0 Å². The van der Waals surface area contributed by atoms with Crippen molar-refractivity contribution in [1.29, 1.82) is 0 Å². The molecule has 0 radical (unpaired) electrons. The van der Waals surface area contributed by atoms with Gasteiger partial charge < -0.3 is 14.3 Å². The molecule has 1 N–H and O–H groups in total. The van der Waals surface area contributed by atoms with Gasteiger partial charge in [-0.25, -0.2) is 4.79 Å². The first kappa shape index (κ1) is 24.8. The maximum atomic E-state index is 13.6. The number of furan rings is 1. The van der Waals surface area contributed by atoms with Gasteiger partial charge in [-0.3, -0.25) is 9.59 Å². The van der Waals surface area contributed by atoms with Crippen LogP contribution in [0.3, 0.4) is 0 Å². The fraction of sp³-hybridized carbons (Fsp3) is 0.593. The van der Waals surface area contributed by atoms with Crippen molar-refractivity contribution >= 4 is 40.7 Å². The lowest BCUT2D eigenvalue weighted by atomic mass is 9.45. The molecule has 0 bridgehead atoms. The Balaban J connectivity index is 1.61. The highest BCUT2D eigenvalue weighted by Crippen LogP contribution is 2.72. The Hall–Kier alpha value is -1.89. The van der Waals surface area contributed by atoms with Gasteiger partial charge in [0, 0.05) is 16.7 Å². The normalized spacial score (nSPS) is 44.2. The van der Waals surface area contributed by atoms with Gasteiger partial charge in [0.1, 0.15) is 0 Å². The lowest BCUT2D eigenvalue weighted by molar-refractivity contribution is -0.177. The zero-order valence-electron chi connectivity index (χ0n) is 20.1. The standard InChI is InChI=1S/C27H30Cl2O6/c1-15-11-19-18-7-6-16-12-17(30)8-9-24(16,2)26(18,29)21(31)13-25(19,3)27(15,22(32)14-28)35-23(33)20-5-4-10-34-20/h4-5,8-10,12,15,18-19,21,31H,6-7,11,13-14H2,1-3H3/t15-,18?,19-,21-,24+,25?,26-,27-/m0/s1. The van der Waals surface area contributed by atoms with Gasteiger partial charge in [0.2, 0.25) is 5.76 Å². The number of hydrogen-bond acceptors (Lipinski definition) is 6. The van der Waals surface area contributed by atoms with Crippen molar-refractivity contribution in [1.82, 2.24) is 0 Å². The lowest BCUT2D eigenvalue weighted by Gasteiger charge is -2.64. The van der Waals surface area contributed by atoms with Crippen molar-refractivity contribution in [3.05, 3.63) is 48.0 Å². The molecule has 0 amide bonds. The molecule has 0 saturated heterocycles. The van der Waals surface area contributed by atoms with Crippen molar-refractivity contribution in [2.45, 2.75) is 63.0 Å². The van der Waals surface area contributed by atoms with Crippen molar-refractivity contribution in [2.75, 3.05) is 5.88 Å². The number of esters is 1. The molecule has 4 aliphatic carbocycles. The van der Waals surface area contributed by atoms with Crippen LogP contribution in [0.15, 0.2) is 46.6 Å². The van der Waals surface area contributed by atoms with Crippen LogP contribution in [0.5, 0.6) is 0 Å². The summed E-state index contributed by atoms with van der Waals surface area (Å²) in [5.41, 5.74) is -2.20. The molecule has 8 heteroatoms. The third-order valence-electron chi connectivity index (χ3n) is 9.69. The summed E-state index contributed by atoms with van der Waals surface area (Å²) in [5, 5.41) is 11.8. The molecule has 0 aromatic carbocycles. The number of aliphatic hydroxyl groups excluding tert-OH is 1. The number of ether oxygens (including phenoxy) is 1. The molecular weight excluding hydrogens is 491 g/mol. The van der Waals surface area contributed by atoms with Crippen molar-refractivity contribution < 1.29 is 28.6 Å². The Bertz CT molecular complexity index is 1140. The first-order valence-electron chi connectivity index (χ1n) is 12.1. The zero-order chi connectivity index (χ0) is 25.4. The maximum Gasteiger partial charge on any atom is 0.375 e. The third kappa shape index (κ3) is 3.02. The number of fused-ring (bicyclic) bond motifs is 5. The largest absolute Gasteiger partial charge is 0.457 e. The van der Waals surface area contributed by atoms with Gasteiger partial charge in [-0.05, 0) is 61.8 Å². The average molecular weight is 521 g/mol. The predicted molar refractivity (Wildman–Crippen MR) is 130 cm³/mol. The summed E-state index contributed by atoms with van der Waals surface area (Å²) in [5.74, 6) is -2.12. The zero-order valence-corrected chi connectivity index (χ0v) is 21.6. The van der Waals surface area contributed by atoms with E-state index in [1.165, 1.54) is 18.4 Å². The highest BCUT2D eigenvalue weighted by molar-refractivity contribution is 6.29. The van der Waals surface area contributed by atoms with E-state index in [9.17, 15) is 19.5 Å². The number of hydrogen-bond donors (Lipinski definition) is 1. The Morgan fingerprint density at radius 2 is 2.03 bits per heavy atom. The lowest BCUT2D eigenvalue weighted by Crippen LogP contribution is -2.69. The van der Waals surface area contributed by atoms with E-state index in [0.717, 1.165) is 5.57 Å². The number of halogens is 2. The molecule has 3 fully saturated rings. The van der Waals surface area contributed by atoms with Crippen LogP contribution in [-0.2, 0) is 14.3 Å². The number of alkyl halides is 2. The predicted octanol–water partition coefficient (Wildman–Crippen LogP) is 4.87. The van der Waals surface area contributed by atoms with Gasteiger partial charge in [0.05, 0.1) is 23.1 Å². The molecule has 0 aliphatic heterocycles. The number of carbonyl (C=O) groups is 3. The topological polar surface area (TPSA) is 93.8 Å². The van der Waals surface area contributed by atoms with Crippen LogP contribution < -0.4 is 0 Å². The van der Waals surface area contributed by atoms with E-state index in [1.54, 1.807) is 12.1 Å². The molecule has 1 heterocycles. The molecule has 4 aliphatic rings. The highest BCUT2D eigenvalue weighted by Gasteiger charge is 2.76. The first-order valence-corrected chi connectivity index (χ1v) is 13.0. The molecule has 188 valence electrons. The Labute approximate surface area is 214 Å². The van der Waals surface area contributed by atoms with Crippen LogP contribution in [0.4, 0.5) is 0 Å². The second-order valence-electron chi connectivity index (χ2n) is 11.1. The van der Waals surface area contributed by atoms with Gasteiger partial charge in [-0.1, -0.05) is 32.4 Å². The number of carbonyl (C=O) groups excluding carboxylic acids is 3. The summed E-state index contributed by atoms with van der Waals surface area (Å²) in [6, 6.07) is 3.07. The highest BCUT2D eigenvalue weighted by atomic mass is 35.5. The number of ketones is 2. The van der Waals surface area contributed by atoms with Gasteiger partial charge in [0.15, 0.2) is 17.2 Å². The fourth-order valence-corrected chi connectivity index (χ4v) is 8.81. The van der Waals surface area contributed by atoms with E-state index in [2.05, 4.69) is 0 Å². The molecule has 1 aromatic heterocycles. The third-order valence-corrected chi connectivity index (χ3v) is 10.9. The van der Waals surface area contributed by atoms with Crippen LogP contribution in [0, 0.1) is 28.6 Å². The van der Waals surface area contributed by atoms with E-state index in [-0.39, 0.29) is 47.4 Å². The number of rotatable bonds is 4. The number of Topliss-reactive ketones (excluding diaryl/α,β-unsaturated/α-hetero) is 1. The molecule has 6 nitrogen and oxygen atoms in total. The smallest absolute Gasteiger partial charge is 0.375 e. The number of allylic oxidation sites excluding steroid dienone is 4. The summed E-state index contributed by atoms with van der Waals surface area (Å²) in [6.45, 7) is 5.81. The van der Waals surface area contributed by atoms with Crippen LogP contribution >= 0.6 is 23.2 Å². The van der Waals surface area contributed by atoms with Crippen LogP contribution in [-0.4, -0.2) is 45.1 Å². The van der Waals surface area contributed by atoms with E-state index in [0.29, 0.717) is 19.3 Å². The molecule has 3 saturated carbocycles. The van der Waals surface area contributed by atoms with Gasteiger partial charge in [-0.2, -0.15) is 0 Å². The summed E-state index contributed by atoms with van der Waals surface area (Å²) in [6.07, 6.45) is 7.44. The molecule has 2 unspecified atom stereocenters. The van der Waals surface area contributed by atoms with E-state index < -0.39 is 33.4 Å². The van der Waals surface area contributed by atoms with Crippen LogP contribution in [0.2, 0.25) is 0 Å².